The van der Waals surface area contributed by atoms with Gasteiger partial charge in [0.25, 0.3) is 0 Å². The van der Waals surface area contributed by atoms with Crippen LogP contribution >= 0.6 is 11.3 Å². The van der Waals surface area contributed by atoms with Crippen molar-refractivity contribution >= 4 is 39.8 Å². The molecule has 0 spiro atoms. The highest BCUT2D eigenvalue weighted by Gasteiger charge is 2.32. The van der Waals surface area contributed by atoms with E-state index in [0.29, 0.717) is 11.3 Å². The van der Waals surface area contributed by atoms with Crippen LogP contribution in [-0.4, -0.2) is 5.78 Å². The maximum atomic E-state index is 13.0. The lowest BCUT2D eigenvalue weighted by atomic mass is 9.87. The Labute approximate surface area is 161 Å². The highest BCUT2D eigenvalue weighted by molar-refractivity contribution is 7.10. The van der Waals surface area contributed by atoms with Crippen LogP contribution < -0.4 is 34.3 Å². The Balaban J connectivity index is 0.00000169. The number of carbonyl (C=O) groups excluding carboxylic acids is 1. The number of pyridine rings is 1. The zero-order valence-electron chi connectivity index (χ0n) is 13.3. The van der Waals surface area contributed by atoms with E-state index in [2.05, 4.69) is 4.57 Å². The number of ketones is 1. The number of carbonyl (C=O) groups is 1. The van der Waals surface area contributed by atoms with E-state index in [1.807, 2.05) is 54.9 Å². The van der Waals surface area contributed by atoms with E-state index in [4.69, 9.17) is 5.73 Å². The van der Waals surface area contributed by atoms with E-state index in [0.717, 1.165) is 39.9 Å². The molecule has 24 heavy (non-hydrogen) atoms. The number of benzene rings is 1. The third-order valence-electron chi connectivity index (χ3n) is 4.53. The first-order valence-electron chi connectivity index (χ1n) is 7.64. The zero-order chi connectivity index (χ0) is 16.0. The van der Waals surface area contributed by atoms with E-state index in [9.17, 15) is 4.79 Å². The third kappa shape index (κ3) is 2.65. The highest BCUT2D eigenvalue weighted by atomic mass is 127. The summed E-state index contributed by atoms with van der Waals surface area (Å²) in [4.78, 5) is 14.1. The molecule has 1 aliphatic carbocycles. The number of fused-ring (bicyclic) bond motifs is 2. The topological polar surface area (TPSA) is 47.0 Å². The normalized spacial score (nSPS) is 15.4. The Bertz CT molecular complexity index is 961. The van der Waals surface area contributed by atoms with Crippen molar-refractivity contribution in [3.05, 3.63) is 63.5 Å². The van der Waals surface area contributed by atoms with Crippen molar-refractivity contribution in [3.63, 3.8) is 0 Å². The molecule has 0 radical (unpaired) electrons. The number of nitrogens with zero attached hydrogens (tertiary/aromatic N) is 1. The second-order valence-corrected chi connectivity index (χ2v) is 6.80. The maximum Gasteiger partial charge on any atom is 0.214 e. The number of aromatic nitrogens is 1. The van der Waals surface area contributed by atoms with Gasteiger partial charge in [0.05, 0.1) is 11.1 Å². The summed E-state index contributed by atoms with van der Waals surface area (Å²) in [6.07, 6.45) is 3.60. The molecule has 0 amide bonds. The lowest BCUT2D eigenvalue weighted by molar-refractivity contribution is -0.653. The summed E-state index contributed by atoms with van der Waals surface area (Å²) in [6.45, 7) is 0. The molecule has 0 bridgehead atoms. The molecule has 2 N–H and O–H groups in total. The molecular formula is C19H17IN2OS. The minimum Gasteiger partial charge on any atom is -1.00 e. The van der Waals surface area contributed by atoms with Crippen molar-refractivity contribution in [3.8, 4) is 0 Å². The van der Waals surface area contributed by atoms with Gasteiger partial charge in [-0.2, -0.15) is 4.57 Å². The van der Waals surface area contributed by atoms with Gasteiger partial charge < -0.3 is 29.7 Å². The summed E-state index contributed by atoms with van der Waals surface area (Å²) in [5.41, 5.74) is 10.6. The van der Waals surface area contributed by atoms with Crippen LogP contribution in [0.15, 0.2) is 47.4 Å². The lowest BCUT2D eigenvalue weighted by Gasteiger charge is -2.18. The fourth-order valence-electron chi connectivity index (χ4n) is 3.35. The van der Waals surface area contributed by atoms with Gasteiger partial charge in [0.1, 0.15) is 12.6 Å². The summed E-state index contributed by atoms with van der Waals surface area (Å²) in [5.74, 6) is 0.0681. The van der Waals surface area contributed by atoms with E-state index in [-0.39, 0.29) is 29.8 Å². The first-order valence-corrected chi connectivity index (χ1v) is 8.52. The molecule has 0 saturated heterocycles. The van der Waals surface area contributed by atoms with Crippen molar-refractivity contribution in [1.29, 1.82) is 0 Å². The molecule has 2 heterocycles. The molecule has 0 fully saturated rings. The van der Waals surface area contributed by atoms with Gasteiger partial charge in [0, 0.05) is 22.9 Å². The number of Topliss-reactive ketones (excluding diaryl/α,β-unsaturated/α-hetero) is 1. The van der Waals surface area contributed by atoms with Crippen LogP contribution in [0.5, 0.6) is 0 Å². The van der Waals surface area contributed by atoms with Crippen molar-refractivity contribution in [1.82, 2.24) is 0 Å². The largest absolute Gasteiger partial charge is 1.00 e. The number of nitrogen functional groups attached to an aromatic ring is 1. The molecule has 0 unspecified atom stereocenters. The molecule has 122 valence electrons. The Kier molecular flexibility index (Phi) is 4.73. The summed E-state index contributed by atoms with van der Waals surface area (Å²) in [7, 11) is 2.02. The second kappa shape index (κ2) is 6.64. The van der Waals surface area contributed by atoms with Gasteiger partial charge >= 0.3 is 0 Å². The standard InChI is InChI=1S/C19H16N2OS.HI/c1-21-15-7-3-2-6-14(15)18(20)17-16(21)9-8-12(19(17)22)11-13-5-4-10-23-13;/h2-7,10-11,20H,8-9H2,1H3;1H/b12-11+;. The van der Waals surface area contributed by atoms with E-state index < -0.39 is 0 Å². The number of thiophene rings is 1. The maximum absolute atomic E-state index is 13.0. The molecule has 0 saturated carbocycles. The quantitative estimate of drug-likeness (QED) is 0.336. The minimum atomic E-state index is 0. The molecule has 3 aromatic rings. The van der Waals surface area contributed by atoms with Gasteiger partial charge in [-0.3, -0.25) is 4.79 Å². The van der Waals surface area contributed by atoms with Crippen LogP contribution in [0.3, 0.4) is 0 Å². The van der Waals surface area contributed by atoms with E-state index in [1.54, 1.807) is 11.3 Å². The molecule has 0 atom stereocenters. The van der Waals surface area contributed by atoms with Crippen molar-refractivity contribution < 1.29 is 33.3 Å². The SMILES string of the molecule is C[n+]1c2c(c(N)c3ccccc31)C(=O)/C(=C/c1cccs1)CC2.[I-]. The number of para-hydroxylation sites is 1. The number of nitrogens with two attached hydrogens (primary N) is 1. The number of hydrogen-bond acceptors (Lipinski definition) is 3. The average molecular weight is 448 g/mol. The van der Waals surface area contributed by atoms with Crippen LogP contribution in [0.2, 0.25) is 0 Å². The third-order valence-corrected chi connectivity index (χ3v) is 5.35. The number of hydrogen-bond donors (Lipinski definition) is 1. The van der Waals surface area contributed by atoms with Gasteiger partial charge in [-0.25, -0.2) is 0 Å². The van der Waals surface area contributed by atoms with Crippen molar-refractivity contribution in [2.45, 2.75) is 12.8 Å². The summed E-state index contributed by atoms with van der Waals surface area (Å²) >= 11 is 1.64. The Hall–Kier alpha value is -1.73. The number of rotatable bonds is 1. The fraction of sp³-hybridized carbons (Fsp3) is 0.158. The molecule has 5 heteroatoms. The van der Waals surface area contributed by atoms with E-state index >= 15 is 0 Å². The van der Waals surface area contributed by atoms with Crippen LogP contribution in [0.4, 0.5) is 5.69 Å². The Morgan fingerprint density at radius 2 is 1.96 bits per heavy atom. The molecule has 2 aromatic heterocycles. The van der Waals surface area contributed by atoms with Crippen LogP contribution in [-0.2, 0) is 13.5 Å². The molecule has 0 aliphatic heterocycles. The van der Waals surface area contributed by atoms with E-state index in [1.165, 1.54) is 0 Å². The lowest BCUT2D eigenvalue weighted by Crippen LogP contribution is -3.00. The van der Waals surface area contributed by atoms with Crippen LogP contribution in [0, 0.1) is 0 Å². The van der Waals surface area contributed by atoms with Crippen molar-refractivity contribution in [2.24, 2.45) is 7.05 Å². The van der Waals surface area contributed by atoms with Gasteiger partial charge in [0.15, 0.2) is 11.5 Å². The average Bonchev–Trinajstić information content (AvgIpc) is 3.07. The molecule has 1 aliphatic rings. The first-order chi connectivity index (χ1) is 11.2. The zero-order valence-corrected chi connectivity index (χ0v) is 16.2. The number of anilines is 1. The summed E-state index contributed by atoms with van der Waals surface area (Å²) in [6, 6.07) is 12.0. The molecule has 3 nitrogen and oxygen atoms in total. The molecule has 4 rings (SSSR count). The molecular weight excluding hydrogens is 431 g/mol. The smallest absolute Gasteiger partial charge is 0.214 e. The van der Waals surface area contributed by atoms with Gasteiger partial charge in [-0.05, 0) is 30.0 Å². The number of aryl methyl sites for hydroxylation is 1. The summed E-state index contributed by atoms with van der Waals surface area (Å²) < 4.78 is 2.11. The second-order valence-electron chi connectivity index (χ2n) is 5.83. The minimum absolute atomic E-state index is 0. The molecule has 1 aromatic carbocycles. The van der Waals surface area contributed by atoms with Gasteiger partial charge in [-0.15, -0.1) is 11.3 Å². The van der Waals surface area contributed by atoms with Crippen LogP contribution in [0.25, 0.3) is 17.0 Å². The fourth-order valence-corrected chi connectivity index (χ4v) is 4.03. The van der Waals surface area contributed by atoms with Crippen LogP contribution in [0.1, 0.15) is 27.3 Å². The first kappa shape index (κ1) is 17.1. The monoisotopic (exact) mass is 448 g/mol. The highest BCUT2D eigenvalue weighted by Crippen LogP contribution is 2.33. The Morgan fingerprint density at radius 1 is 1.17 bits per heavy atom. The predicted octanol–water partition coefficient (Wildman–Crippen LogP) is 0.524. The number of allylic oxidation sites excluding steroid dienone is 1. The van der Waals surface area contributed by atoms with Crippen molar-refractivity contribution in [2.75, 3.05) is 5.73 Å². The predicted molar refractivity (Wildman–Crippen MR) is 94.5 cm³/mol. The van der Waals surface area contributed by atoms with Gasteiger partial charge in [0.2, 0.25) is 5.52 Å². The summed E-state index contributed by atoms with van der Waals surface area (Å²) in [5, 5.41) is 2.97. The van der Waals surface area contributed by atoms with Gasteiger partial charge in [-0.1, -0.05) is 18.2 Å². The number of halogens is 1. The Morgan fingerprint density at radius 3 is 2.71 bits per heavy atom.